The number of para-hydroxylation sites is 2. The first-order valence-electron chi connectivity index (χ1n) is 6.25. The highest BCUT2D eigenvalue weighted by Crippen LogP contribution is 2.23. The van der Waals surface area contributed by atoms with Crippen LogP contribution in [-0.2, 0) is 0 Å². The number of anilines is 1. The van der Waals surface area contributed by atoms with Crippen LogP contribution in [0.3, 0.4) is 0 Å². The van der Waals surface area contributed by atoms with E-state index in [0.29, 0.717) is 24.5 Å². The Kier molecular flexibility index (Phi) is 5.18. The van der Waals surface area contributed by atoms with Gasteiger partial charge in [0.2, 0.25) is 0 Å². The zero-order valence-electron chi connectivity index (χ0n) is 12.1. The van der Waals surface area contributed by atoms with Crippen molar-refractivity contribution in [3.63, 3.8) is 0 Å². The number of nitrogens with two attached hydrogens (primary N) is 1. The minimum absolute atomic E-state index is 0.104. The summed E-state index contributed by atoms with van der Waals surface area (Å²) in [6, 6.07) is 7.14. The maximum atomic E-state index is 12.1. The molecule has 3 N–H and O–H groups in total. The molecule has 0 atom stereocenters. The van der Waals surface area contributed by atoms with Crippen molar-refractivity contribution >= 4 is 11.7 Å². The van der Waals surface area contributed by atoms with Crippen molar-refractivity contribution in [1.82, 2.24) is 4.90 Å². The Hall–Kier alpha value is -1.75. The Morgan fingerprint density at radius 2 is 2.05 bits per heavy atom. The van der Waals surface area contributed by atoms with Crippen molar-refractivity contribution in [1.29, 1.82) is 0 Å². The van der Waals surface area contributed by atoms with E-state index in [4.69, 9.17) is 10.5 Å². The third-order valence-corrected chi connectivity index (χ3v) is 2.91. The lowest BCUT2D eigenvalue weighted by atomic mass is 9.93. The van der Waals surface area contributed by atoms with Crippen LogP contribution in [0.5, 0.6) is 5.75 Å². The molecule has 1 rings (SSSR count). The van der Waals surface area contributed by atoms with Crippen molar-refractivity contribution in [2.45, 2.75) is 13.8 Å². The van der Waals surface area contributed by atoms with Gasteiger partial charge in [-0.25, -0.2) is 4.79 Å². The van der Waals surface area contributed by atoms with Crippen molar-refractivity contribution in [2.24, 2.45) is 11.1 Å². The van der Waals surface area contributed by atoms with Crippen molar-refractivity contribution in [3.8, 4) is 5.75 Å². The van der Waals surface area contributed by atoms with Gasteiger partial charge in [0.05, 0.1) is 12.8 Å². The largest absolute Gasteiger partial charge is 0.495 e. The van der Waals surface area contributed by atoms with Crippen LogP contribution in [0, 0.1) is 5.41 Å². The lowest BCUT2D eigenvalue weighted by Crippen LogP contribution is -2.41. The molecule has 0 fully saturated rings. The number of carbonyl (C=O) groups excluding carboxylic acids is 1. The van der Waals surface area contributed by atoms with Gasteiger partial charge in [0.15, 0.2) is 0 Å². The van der Waals surface area contributed by atoms with E-state index >= 15 is 0 Å². The highest BCUT2D eigenvalue weighted by molar-refractivity contribution is 5.90. The highest BCUT2D eigenvalue weighted by atomic mass is 16.5. The van der Waals surface area contributed by atoms with E-state index in [9.17, 15) is 4.79 Å². The smallest absolute Gasteiger partial charge is 0.321 e. The SMILES string of the molecule is COc1ccccc1NC(=O)N(C)CC(C)(C)CN. The molecule has 0 saturated carbocycles. The second-order valence-electron chi connectivity index (χ2n) is 5.35. The van der Waals surface area contributed by atoms with Crippen molar-refractivity contribution in [2.75, 3.05) is 32.6 Å². The molecule has 2 amide bonds. The van der Waals surface area contributed by atoms with Gasteiger partial charge in [0.25, 0.3) is 0 Å². The minimum Gasteiger partial charge on any atom is -0.495 e. The summed E-state index contributed by atoms with van der Waals surface area (Å²) < 4.78 is 5.19. The zero-order valence-corrected chi connectivity index (χ0v) is 12.1. The zero-order chi connectivity index (χ0) is 14.5. The van der Waals surface area contributed by atoms with Gasteiger partial charge in [-0.05, 0) is 24.1 Å². The van der Waals surface area contributed by atoms with Gasteiger partial charge in [0, 0.05) is 13.6 Å². The molecule has 5 nitrogen and oxygen atoms in total. The molecular formula is C14H23N3O2. The predicted octanol–water partition coefficient (Wildman–Crippen LogP) is 2.14. The fourth-order valence-electron chi connectivity index (χ4n) is 1.74. The molecule has 0 spiro atoms. The second kappa shape index (κ2) is 6.43. The second-order valence-corrected chi connectivity index (χ2v) is 5.35. The van der Waals surface area contributed by atoms with E-state index in [0.717, 1.165) is 0 Å². The Bertz CT molecular complexity index is 432. The quantitative estimate of drug-likeness (QED) is 0.857. The number of hydrogen-bond donors (Lipinski definition) is 2. The molecule has 1 aromatic rings. The summed E-state index contributed by atoms with van der Waals surface area (Å²) in [5.74, 6) is 0.641. The molecule has 1 aromatic carbocycles. The topological polar surface area (TPSA) is 67.6 Å². The first kappa shape index (κ1) is 15.3. The molecule has 5 heteroatoms. The summed E-state index contributed by atoms with van der Waals surface area (Å²) in [6.45, 7) is 5.17. The van der Waals surface area contributed by atoms with Gasteiger partial charge in [-0.3, -0.25) is 0 Å². The van der Waals surface area contributed by atoms with Crippen LogP contribution in [0.1, 0.15) is 13.8 Å². The average Bonchev–Trinajstić information content (AvgIpc) is 2.38. The van der Waals surface area contributed by atoms with Crippen LogP contribution in [0.4, 0.5) is 10.5 Å². The summed E-state index contributed by atoms with van der Waals surface area (Å²) in [6.07, 6.45) is 0. The van der Waals surface area contributed by atoms with Gasteiger partial charge in [-0.2, -0.15) is 0 Å². The van der Waals surface area contributed by atoms with Crippen molar-refractivity contribution in [3.05, 3.63) is 24.3 Å². The molecule has 0 bridgehead atoms. The number of methoxy groups -OCH3 is 1. The summed E-state index contributed by atoms with van der Waals surface area (Å²) in [4.78, 5) is 13.7. The Morgan fingerprint density at radius 1 is 1.42 bits per heavy atom. The van der Waals surface area contributed by atoms with E-state index in [1.54, 1.807) is 31.2 Å². The number of benzene rings is 1. The summed E-state index contributed by atoms with van der Waals surface area (Å²) >= 11 is 0. The number of carbonyl (C=O) groups is 1. The molecule has 0 unspecified atom stereocenters. The molecule has 0 heterocycles. The predicted molar refractivity (Wildman–Crippen MR) is 77.5 cm³/mol. The molecule has 106 valence electrons. The third kappa shape index (κ3) is 4.44. The molecular weight excluding hydrogens is 242 g/mol. The van der Waals surface area contributed by atoms with E-state index < -0.39 is 0 Å². The molecule has 19 heavy (non-hydrogen) atoms. The van der Waals surface area contributed by atoms with Crippen LogP contribution < -0.4 is 15.8 Å². The van der Waals surface area contributed by atoms with Crippen LogP contribution in [-0.4, -0.2) is 38.2 Å². The van der Waals surface area contributed by atoms with Gasteiger partial charge in [-0.1, -0.05) is 26.0 Å². The lowest BCUT2D eigenvalue weighted by Gasteiger charge is -2.29. The van der Waals surface area contributed by atoms with Gasteiger partial charge in [-0.15, -0.1) is 0 Å². The number of nitrogens with one attached hydrogen (secondary N) is 1. The van der Waals surface area contributed by atoms with E-state index in [1.807, 2.05) is 26.0 Å². The summed E-state index contributed by atoms with van der Waals surface area (Å²) in [5, 5.41) is 2.83. The monoisotopic (exact) mass is 265 g/mol. The highest BCUT2D eigenvalue weighted by Gasteiger charge is 2.21. The number of amides is 2. The maximum Gasteiger partial charge on any atom is 0.321 e. The molecule has 0 aliphatic rings. The normalized spacial score (nSPS) is 11.0. The Labute approximate surface area is 114 Å². The molecule has 0 aromatic heterocycles. The van der Waals surface area contributed by atoms with Gasteiger partial charge < -0.3 is 20.7 Å². The maximum absolute atomic E-state index is 12.1. The lowest BCUT2D eigenvalue weighted by molar-refractivity contribution is 0.197. The number of ether oxygens (including phenoxy) is 1. The number of nitrogens with zero attached hydrogens (tertiary/aromatic N) is 1. The first-order valence-corrected chi connectivity index (χ1v) is 6.25. The van der Waals surface area contributed by atoms with Gasteiger partial charge >= 0.3 is 6.03 Å². The van der Waals surface area contributed by atoms with Crippen LogP contribution in [0.25, 0.3) is 0 Å². The first-order chi connectivity index (χ1) is 8.89. The molecule has 0 aliphatic heterocycles. The van der Waals surface area contributed by atoms with Gasteiger partial charge in [0.1, 0.15) is 5.75 Å². The standard InChI is InChI=1S/C14H23N3O2/c1-14(2,9-15)10-17(3)13(18)16-11-7-5-6-8-12(11)19-4/h5-8H,9-10,15H2,1-4H3,(H,16,18). The fraction of sp³-hybridized carbons (Fsp3) is 0.500. The Balaban J connectivity index is 2.69. The molecule has 0 radical (unpaired) electrons. The third-order valence-electron chi connectivity index (χ3n) is 2.91. The van der Waals surface area contributed by atoms with E-state index in [2.05, 4.69) is 5.32 Å². The fourth-order valence-corrected chi connectivity index (χ4v) is 1.74. The van der Waals surface area contributed by atoms with E-state index in [1.165, 1.54) is 0 Å². The van der Waals surface area contributed by atoms with Crippen LogP contribution in [0.2, 0.25) is 0 Å². The molecule has 0 aliphatic carbocycles. The number of urea groups is 1. The van der Waals surface area contributed by atoms with Crippen molar-refractivity contribution < 1.29 is 9.53 Å². The minimum atomic E-state index is -0.175. The molecule has 0 saturated heterocycles. The van der Waals surface area contributed by atoms with Crippen LogP contribution >= 0.6 is 0 Å². The number of hydrogen-bond acceptors (Lipinski definition) is 3. The number of rotatable bonds is 5. The van der Waals surface area contributed by atoms with E-state index in [-0.39, 0.29) is 11.4 Å². The average molecular weight is 265 g/mol. The van der Waals surface area contributed by atoms with Crippen LogP contribution in [0.15, 0.2) is 24.3 Å². The summed E-state index contributed by atoms with van der Waals surface area (Å²) in [5.41, 5.74) is 6.23. The Morgan fingerprint density at radius 3 is 2.63 bits per heavy atom. The summed E-state index contributed by atoms with van der Waals surface area (Å²) in [7, 11) is 3.33.